The summed E-state index contributed by atoms with van der Waals surface area (Å²) in [5, 5.41) is 3.47. The van der Waals surface area contributed by atoms with Gasteiger partial charge in [-0.3, -0.25) is 0 Å². The zero-order chi connectivity index (χ0) is 13.2. The second-order valence-electron chi connectivity index (χ2n) is 5.55. The summed E-state index contributed by atoms with van der Waals surface area (Å²) in [7, 11) is 0. The third-order valence-electron chi connectivity index (χ3n) is 4.53. The van der Waals surface area contributed by atoms with Crippen LogP contribution in [0.1, 0.15) is 12.1 Å². The third-order valence-corrected chi connectivity index (χ3v) is 4.53. The van der Waals surface area contributed by atoms with Crippen LogP contribution in [0.25, 0.3) is 11.5 Å². The van der Waals surface area contributed by atoms with Gasteiger partial charge in [0.25, 0.3) is 0 Å². The van der Waals surface area contributed by atoms with E-state index in [1.807, 2.05) is 12.1 Å². The standard InChI is InChI=1S/C15H13N3O2/c1-2-11(19-5-1)12-13-14(18-8-17-12)15-4-3-10(20-15)6-9(15)7-16-13/h1-5,8-10,16H,6-7H2/t9-,10-,15+/m1/s1. The van der Waals surface area contributed by atoms with Crippen LogP contribution in [0.15, 0.2) is 41.3 Å². The van der Waals surface area contributed by atoms with Crippen molar-refractivity contribution in [3.8, 4) is 11.5 Å². The maximum Gasteiger partial charge on any atom is 0.154 e. The molecule has 0 aliphatic carbocycles. The van der Waals surface area contributed by atoms with Crippen molar-refractivity contribution in [2.45, 2.75) is 18.1 Å². The van der Waals surface area contributed by atoms with Crippen molar-refractivity contribution in [3.63, 3.8) is 0 Å². The second kappa shape index (κ2) is 3.49. The molecule has 1 N–H and O–H groups in total. The van der Waals surface area contributed by atoms with Crippen LogP contribution >= 0.6 is 0 Å². The first kappa shape index (κ1) is 10.6. The van der Waals surface area contributed by atoms with E-state index in [2.05, 4.69) is 27.4 Å². The fourth-order valence-electron chi connectivity index (χ4n) is 3.63. The lowest BCUT2D eigenvalue weighted by Crippen LogP contribution is -2.40. The van der Waals surface area contributed by atoms with Crippen LogP contribution in [0.3, 0.4) is 0 Å². The Morgan fingerprint density at radius 1 is 1.35 bits per heavy atom. The minimum Gasteiger partial charge on any atom is -0.463 e. The maximum atomic E-state index is 6.19. The Kier molecular flexibility index (Phi) is 1.85. The predicted molar refractivity (Wildman–Crippen MR) is 72.0 cm³/mol. The highest BCUT2D eigenvalue weighted by molar-refractivity contribution is 5.75. The van der Waals surface area contributed by atoms with Gasteiger partial charge in [-0.2, -0.15) is 0 Å². The molecule has 20 heavy (non-hydrogen) atoms. The van der Waals surface area contributed by atoms with E-state index in [4.69, 9.17) is 9.15 Å². The number of anilines is 1. The van der Waals surface area contributed by atoms with E-state index in [0.29, 0.717) is 5.92 Å². The molecule has 1 fully saturated rings. The van der Waals surface area contributed by atoms with Crippen molar-refractivity contribution in [2.75, 3.05) is 11.9 Å². The number of hydrogen-bond acceptors (Lipinski definition) is 5. The van der Waals surface area contributed by atoms with E-state index >= 15 is 0 Å². The van der Waals surface area contributed by atoms with E-state index < -0.39 is 0 Å². The van der Waals surface area contributed by atoms with Gasteiger partial charge in [0.1, 0.15) is 23.3 Å². The molecule has 1 spiro atoms. The fraction of sp³-hybridized carbons (Fsp3) is 0.333. The zero-order valence-corrected chi connectivity index (χ0v) is 10.7. The summed E-state index contributed by atoms with van der Waals surface area (Å²) in [5.74, 6) is 1.20. The average Bonchev–Trinajstić information content (AvgIpc) is 3.21. The highest BCUT2D eigenvalue weighted by Gasteiger charge is 2.55. The molecule has 3 aliphatic heterocycles. The molecule has 0 radical (unpaired) electrons. The lowest BCUT2D eigenvalue weighted by molar-refractivity contribution is 0.00580. The number of nitrogens with zero attached hydrogens (tertiary/aromatic N) is 2. The number of nitrogens with one attached hydrogen (secondary N) is 1. The molecule has 2 aromatic rings. The number of fused-ring (bicyclic) bond motifs is 2. The normalized spacial score (nSPS) is 32.8. The van der Waals surface area contributed by atoms with Crippen LogP contribution in [0.4, 0.5) is 5.69 Å². The molecule has 3 aliphatic rings. The topological polar surface area (TPSA) is 60.2 Å². The molecule has 2 aromatic heterocycles. The SMILES string of the molecule is C1=C[C@]23O[C@H]1C[C@@H]2CNc1c(-c2ccco2)ncnc13. The van der Waals surface area contributed by atoms with Gasteiger partial charge in [0.05, 0.1) is 18.1 Å². The van der Waals surface area contributed by atoms with Crippen LogP contribution in [0.2, 0.25) is 0 Å². The summed E-state index contributed by atoms with van der Waals surface area (Å²) < 4.78 is 11.7. The fourth-order valence-corrected chi connectivity index (χ4v) is 3.63. The van der Waals surface area contributed by atoms with Crippen molar-refractivity contribution in [2.24, 2.45) is 5.92 Å². The van der Waals surface area contributed by atoms with Gasteiger partial charge in [0.2, 0.25) is 0 Å². The zero-order valence-electron chi connectivity index (χ0n) is 10.7. The van der Waals surface area contributed by atoms with Gasteiger partial charge in [-0.1, -0.05) is 6.08 Å². The predicted octanol–water partition coefficient (Wildman–Crippen LogP) is 2.33. The largest absolute Gasteiger partial charge is 0.463 e. The maximum absolute atomic E-state index is 6.19. The van der Waals surface area contributed by atoms with Crippen molar-refractivity contribution in [1.82, 2.24) is 9.97 Å². The summed E-state index contributed by atoms with van der Waals surface area (Å²) in [6, 6.07) is 3.78. The van der Waals surface area contributed by atoms with Crippen LogP contribution in [-0.4, -0.2) is 22.6 Å². The van der Waals surface area contributed by atoms with E-state index in [1.54, 1.807) is 12.6 Å². The van der Waals surface area contributed by atoms with Gasteiger partial charge in [-0.15, -0.1) is 0 Å². The van der Waals surface area contributed by atoms with Gasteiger partial charge in [-0.05, 0) is 24.6 Å². The van der Waals surface area contributed by atoms with Crippen LogP contribution in [0.5, 0.6) is 0 Å². The van der Waals surface area contributed by atoms with Crippen molar-refractivity contribution >= 4 is 5.69 Å². The highest BCUT2D eigenvalue weighted by atomic mass is 16.5. The highest BCUT2D eigenvalue weighted by Crippen LogP contribution is 2.54. The molecular formula is C15H13N3O2. The van der Waals surface area contributed by atoms with Crippen molar-refractivity contribution in [3.05, 3.63) is 42.6 Å². The lowest BCUT2D eigenvalue weighted by Gasteiger charge is -2.36. The summed E-state index contributed by atoms with van der Waals surface area (Å²) in [5.41, 5.74) is 2.31. The molecule has 5 heterocycles. The average molecular weight is 267 g/mol. The molecule has 0 unspecified atom stereocenters. The molecular weight excluding hydrogens is 254 g/mol. The summed E-state index contributed by atoms with van der Waals surface area (Å²) in [4.78, 5) is 8.89. The quantitative estimate of drug-likeness (QED) is 0.803. The Labute approximate surface area is 115 Å². The number of ether oxygens (including phenoxy) is 1. The van der Waals surface area contributed by atoms with Gasteiger partial charge in [0, 0.05) is 12.5 Å². The van der Waals surface area contributed by atoms with Crippen molar-refractivity contribution < 1.29 is 9.15 Å². The minimum absolute atomic E-state index is 0.231. The Morgan fingerprint density at radius 3 is 3.20 bits per heavy atom. The number of aromatic nitrogens is 2. The van der Waals surface area contributed by atoms with E-state index in [0.717, 1.165) is 35.8 Å². The molecule has 5 heteroatoms. The summed E-state index contributed by atoms with van der Waals surface area (Å²) in [6.07, 6.45) is 8.87. The monoisotopic (exact) mass is 267 g/mol. The molecule has 5 rings (SSSR count). The molecule has 5 nitrogen and oxygen atoms in total. The lowest BCUT2D eigenvalue weighted by atomic mass is 9.77. The smallest absolute Gasteiger partial charge is 0.154 e. The first-order valence-electron chi connectivity index (χ1n) is 6.87. The number of furan rings is 1. The van der Waals surface area contributed by atoms with Crippen LogP contribution in [0, 0.1) is 5.92 Å². The first-order valence-corrected chi connectivity index (χ1v) is 6.87. The van der Waals surface area contributed by atoms with Crippen LogP contribution in [-0.2, 0) is 10.3 Å². The van der Waals surface area contributed by atoms with Gasteiger partial charge in [-0.25, -0.2) is 9.97 Å². The Hall–Kier alpha value is -2.14. The van der Waals surface area contributed by atoms with Gasteiger partial charge in [0.15, 0.2) is 5.76 Å². The second-order valence-corrected chi connectivity index (χ2v) is 5.55. The summed E-state index contributed by atoms with van der Waals surface area (Å²) in [6.45, 7) is 0.884. The number of rotatable bonds is 1. The molecule has 1 saturated heterocycles. The van der Waals surface area contributed by atoms with Gasteiger partial charge < -0.3 is 14.5 Å². The molecule has 100 valence electrons. The molecule has 0 saturated carbocycles. The molecule has 2 bridgehead atoms. The minimum atomic E-state index is -0.366. The van der Waals surface area contributed by atoms with Crippen molar-refractivity contribution in [1.29, 1.82) is 0 Å². The first-order chi connectivity index (χ1) is 9.87. The number of hydrogen-bond donors (Lipinski definition) is 1. The van der Waals surface area contributed by atoms with Crippen LogP contribution < -0.4 is 5.32 Å². The Balaban J connectivity index is 1.75. The molecule has 0 amide bonds. The third kappa shape index (κ3) is 1.16. The summed E-state index contributed by atoms with van der Waals surface area (Å²) >= 11 is 0. The molecule has 3 atom stereocenters. The van der Waals surface area contributed by atoms with Gasteiger partial charge >= 0.3 is 0 Å². The van der Waals surface area contributed by atoms with E-state index in [-0.39, 0.29) is 11.7 Å². The molecule has 0 aromatic carbocycles. The van der Waals surface area contributed by atoms with E-state index in [9.17, 15) is 0 Å². The van der Waals surface area contributed by atoms with E-state index in [1.165, 1.54) is 0 Å². The Morgan fingerprint density at radius 2 is 2.35 bits per heavy atom. The Bertz CT molecular complexity index is 710.